The van der Waals surface area contributed by atoms with Crippen LogP contribution in [-0.2, 0) is 14.4 Å². The third-order valence-electron chi connectivity index (χ3n) is 5.08. The second-order valence-electron chi connectivity index (χ2n) is 7.21. The number of benzene rings is 2. The van der Waals surface area contributed by atoms with E-state index in [4.69, 9.17) is 5.11 Å². The molecule has 8 heteroatoms. The van der Waals surface area contributed by atoms with Crippen LogP contribution in [0.3, 0.4) is 0 Å². The van der Waals surface area contributed by atoms with Crippen molar-refractivity contribution in [2.75, 3.05) is 0 Å². The fourth-order valence-electron chi connectivity index (χ4n) is 3.58. The molecule has 29 heavy (non-hydrogen) atoms. The van der Waals surface area contributed by atoms with Crippen molar-refractivity contribution in [3.05, 3.63) is 53.8 Å². The lowest BCUT2D eigenvalue weighted by molar-refractivity contribution is -0.140. The van der Waals surface area contributed by atoms with E-state index in [2.05, 4.69) is 5.32 Å². The number of phenols is 1. The standard InChI is InChI=1S/C21H20FNO6/c22-14-5-6-17(24)15(9-14)12-1-3-13(4-2-12)16-10-21(16,11-20(28)29)23-18(25)7-8-19(26)27/h1-6,9,16,24H,7-8,10-11H2,(H,23,25)(H,26,27)(H,28,29)/t16-,21?/m0/s1. The predicted molar refractivity (Wildman–Crippen MR) is 101 cm³/mol. The van der Waals surface area contributed by atoms with Crippen LogP contribution < -0.4 is 5.32 Å². The minimum absolute atomic E-state index is 0.0588. The zero-order valence-corrected chi connectivity index (χ0v) is 15.4. The number of amides is 1. The fourth-order valence-corrected chi connectivity index (χ4v) is 3.58. The normalized spacial score (nSPS) is 20.1. The maximum atomic E-state index is 13.5. The van der Waals surface area contributed by atoms with Gasteiger partial charge in [0, 0.05) is 17.9 Å². The molecule has 4 N–H and O–H groups in total. The number of hydrogen-bond donors (Lipinski definition) is 4. The van der Waals surface area contributed by atoms with E-state index in [0.29, 0.717) is 17.5 Å². The van der Waals surface area contributed by atoms with E-state index in [1.165, 1.54) is 12.1 Å². The molecule has 1 unspecified atom stereocenters. The molecule has 1 aliphatic carbocycles. The summed E-state index contributed by atoms with van der Waals surface area (Å²) in [5, 5.41) is 30.5. The van der Waals surface area contributed by atoms with Gasteiger partial charge in [-0.3, -0.25) is 14.4 Å². The third-order valence-corrected chi connectivity index (χ3v) is 5.08. The summed E-state index contributed by atoms with van der Waals surface area (Å²) in [5.74, 6) is -3.44. The molecular weight excluding hydrogens is 381 g/mol. The number of aliphatic carboxylic acids is 2. The molecule has 0 saturated heterocycles. The van der Waals surface area contributed by atoms with E-state index in [0.717, 1.165) is 11.6 Å². The van der Waals surface area contributed by atoms with E-state index in [1.807, 2.05) is 0 Å². The third kappa shape index (κ3) is 4.71. The Balaban J connectivity index is 1.77. The van der Waals surface area contributed by atoms with Gasteiger partial charge in [-0.25, -0.2) is 4.39 Å². The molecular formula is C21H20FNO6. The Morgan fingerprint density at radius 2 is 1.72 bits per heavy atom. The molecule has 7 nitrogen and oxygen atoms in total. The van der Waals surface area contributed by atoms with Crippen molar-refractivity contribution >= 4 is 17.8 Å². The largest absolute Gasteiger partial charge is 0.507 e. The summed E-state index contributed by atoms with van der Waals surface area (Å²) in [7, 11) is 0. The molecule has 0 spiro atoms. The summed E-state index contributed by atoms with van der Waals surface area (Å²) in [6.07, 6.45) is -0.404. The second-order valence-corrected chi connectivity index (χ2v) is 7.21. The number of carboxylic acid groups (broad SMARTS) is 2. The second kappa shape index (κ2) is 7.90. The van der Waals surface area contributed by atoms with Crippen molar-refractivity contribution in [2.45, 2.75) is 37.1 Å². The molecule has 1 amide bonds. The average molecular weight is 401 g/mol. The number of nitrogens with one attached hydrogen (secondary N) is 1. The number of carbonyl (C=O) groups excluding carboxylic acids is 1. The first-order valence-electron chi connectivity index (χ1n) is 9.03. The molecule has 0 bridgehead atoms. The molecule has 152 valence electrons. The molecule has 2 aromatic rings. The smallest absolute Gasteiger partial charge is 0.305 e. The summed E-state index contributed by atoms with van der Waals surface area (Å²) in [4.78, 5) is 33.9. The Morgan fingerprint density at radius 3 is 2.34 bits per heavy atom. The molecule has 1 saturated carbocycles. The SMILES string of the molecule is O=C(O)CCC(=O)NC1(CC(=O)O)C[C@H]1c1ccc(-c2cc(F)ccc2O)cc1. The molecule has 0 heterocycles. The minimum Gasteiger partial charge on any atom is -0.507 e. The highest BCUT2D eigenvalue weighted by Gasteiger charge is 2.57. The quantitative estimate of drug-likeness (QED) is 0.539. The van der Waals surface area contributed by atoms with E-state index >= 15 is 0 Å². The van der Waals surface area contributed by atoms with Crippen LogP contribution in [-0.4, -0.2) is 38.7 Å². The number of phenolic OH excluding ortho intramolecular Hbond substituents is 1. The van der Waals surface area contributed by atoms with Crippen LogP contribution in [0.1, 0.15) is 37.2 Å². The number of aromatic hydroxyl groups is 1. The molecule has 0 radical (unpaired) electrons. The van der Waals surface area contributed by atoms with Crippen molar-refractivity contribution < 1.29 is 34.1 Å². The fraction of sp³-hybridized carbons (Fsp3) is 0.286. The van der Waals surface area contributed by atoms with Gasteiger partial charge in [0.05, 0.1) is 18.4 Å². The van der Waals surface area contributed by atoms with Gasteiger partial charge in [0.15, 0.2) is 0 Å². The van der Waals surface area contributed by atoms with Gasteiger partial charge in [-0.1, -0.05) is 24.3 Å². The van der Waals surface area contributed by atoms with Crippen molar-refractivity contribution in [3.63, 3.8) is 0 Å². The van der Waals surface area contributed by atoms with E-state index < -0.39 is 29.2 Å². The zero-order valence-electron chi connectivity index (χ0n) is 15.4. The first-order chi connectivity index (χ1) is 13.7. The Morgan fingerprint density at radius 1 is 1.03 bits per heavy atom. The van der Waals surface area contributed by atoms with E-state index in [1.54, 1.807) is 24.3 Å². The monoisotopic (exact) mass is 401 g/mol. The van der Waals surface area contributed by atoms with Crippen molar-refractivity contribution in [1.82, 2.24) is 5.32 Å². The van der Waals surface area contributed by atoms with Gasteiger partial charge >= 0.3 is 11.9 Å². The predicted octanol–water partition coefficient (Wildman–Crippen LogP) is 2.88. The topological polar surface area (TPSA) is 124 Å². The van der Waals surface area contributed by atoms with Gasteiger partial charge in [0.2, 0.25) is 5.91 Å². The molecule has 1 aliphatic rings. The van der Waals surface area contributed by atoms with Gasteiger partial charge in [0.25, 0.3) is 0 Å². The van der Waals surface area contributed by atoms with E-state index in [9.17, 15) is 29.0 Å². The lowest BCUT2D eigenvalue weighted by atomic mass is 9.98. The Labute approximate surface area is 165 Å². The Hall–Kier alpha value is -3.42. The Bertz CT molecular complexity index is 958. The number of carboxylic acids is 2. The van der Waals surface area contributed by atoms with Gasteiger partial charge < -0.3 is 20.6 Å². The summed E-state index contributed by atoms with van der Waals surface area (Å²) in [5.41, 5.74) is 0.778. The molecule has 1 fully saturated rings. The van der Waals surface area contributed by atoms with Crippen LogP contribution >= 0.6 is 0 Å². The number of halogens is 1. The first-order valence-corrected chi connectivity index (χ1v) is 9.03. The molecule has 2 atom stereocenters. The van der Waals surface area contributed by atoms with Crippen LogP contribution in [0.25, 0.3) is 11.1 Å². The summed E-state index contributed by atoms with van der Waals surface area (Å²) in [6, 6.07) is 10.5. The van der Waals surface area contributed by atoms with Crippen molar-refractivity contribution in [2.24, 2.45) is 0 Å². The lowest BCUT2D eigenvalue weighted by Gasteiger charge is -2.18. The van der Waals surface area contributed by atoms with Crippen molar-refractivity contribution in [3.8, 4) is 16.9 Å². The van der Waals surface area contributed by atoms with Crippen LogP contribution in [0.4, 0.5) is 4.39 Å². The maximum Gasteiger partial charge on any atom is 0.305 e. The highest BCUT2D eigenvalue weighted by atomic mass is 19.1. The molecule has 3 rings (SSSR count). The first kappa shape index (κ1) is 20.3. The maximum absolute atomic E-state index is 13.5. The molecule has 0 aliphatic heterocycles. The summed E-state index contributed by atoms with van der Waals surface area (Å²) in [6.45, 7) is 0. The molecule has 2 aromatic carbocycles. The van der Waals surface area contributed by atoms with Gasteiger partial charge in [-0.05, 0) is 35.7 Å². The van der Waals surface area contributed by atoms with E-state index in [-0.39, 0.29) is 30.9 Å². The van der Waals surface area contributed by atoms with Gasteiger partial charge in [-0.2, -0.15) is 0 Å². The summed E-state index contributed by atoms with van der Waals surface area (Å²) < 4.78 is 13.5. The van der Waals surface area contributed by atoms with Crippen LogP contribution in [0, 0.1) is 5.82 Å². The minimum atomic E-state index is -1.10. The van der Waals surface area contributed by atoms with Gasteiger partial charge in [0.1, 0.15) is 11.6 Å². The average Bonchev–Trinajstić information content (AvgIpc) is 3.34. The highest BCUT2D eigenvalue weighted by Crippen LogP contribution is 2.54. The highest BCUT2D eigenvalue weighted by molar-refractivity contribution is 5.83. The van der Waals surface area contributed by atoms with Crippen LogP contribution in [0.15, 0.2) is 42.5 Å². The van der Waals surface area contributed by atoms with Crippen molar-refractivity contribution in [1.29, 1.82) is 0 Å². The number of carbonyl (C=O) groups is 3. The number of rotatable bonds is 8. The zero-order chi connectivity index (χ0) is 21.2. The Kier molecular flexibility index (Phi) is 5.54. The molecule has 0 aromatic heterocycles. The van der Waals surface area contributed by atoms with Gasteiger partial charge in [-0.15, -0.1) is 0 Å². The van der Waals surface area contributed by atoms with Crippen LogP contribution in [0.2, 0.25) is 0 Å². The lowest BCUT2D eigenvalue weighted by Crippen LogP contribution is -2.40. The summed E-state index contributed by atoms with van der Waals surface area (Å²) >= 11 is 0. The number of hydrogen-bond acceptors (Lipinski definition) is 4. The van der Waals surface area contributed by atoms with Crippen LogP contribution in [0.5, 0.6) is 5.75 Å².